The third-order valence-electron chi connectivity index (χ3n) is 7.89. The van der Waals surface area contributed by atoms with E-state index in [2.05, 4.69) is 24.4 Å². The summed E-state index contributed by atoms with van der Waals surface area (Å²) in [5, 5.41) is 3.39. The molecule has 5 nitrogen and oxygen atoms in total. The van der Waals surface area contributed by atoms with Gasteiger partial charge in [0.25, 0.3) is 0 Å². The minimum absolute atomic E-state index is 0.143. The molecule has 0 saturated carbocycles. The predicted octanol–water partition coefficient (Wildman–Crippen LogP) is 10.5. The van der Waals surface area contributed by atoms with E-state index in [1.165, 1.54) is 17.3 Å². The third-order valence-corrected chi connectivity index (χ3v) is 8.96. The maximum absolute atomic E-state index is 14.0. The molecular weight excluding hydrogens is 603 g/mol. The number of aryl methyl sites for hydroxylation is 1. The van der Waals surface area contributed by atoms with Gasteiger partial charge in [0, 0.05) is 32.2 Å². The third kappa shape index (κ3) is 7.61. The molecule has 0 bridgehead atoms. The van der Waals surface area contributed by atoms with Gasteiger partial charge in [-0.1, -0.05) is 73.6 Å². The molecule has 1 N–H and O–H groups in total. The lowest BCUT2D eigenvalue weighted by atomic mass is 9.83. The molecule has 0 unspecified atom stereocenters. The maximum atomic E-state index is 14.0. The number of hydrogen-bond acceptors (Lipinski definition) is 6. The molecule has 1 aliphatic carbocycles. The highest BCUT2D eigenvalue weighted by Gasteiger charge is 2.33. The van der Waals surface area contributed by atoms with Gasteiger partial charge in [-0.2, -0.15) is 0 Å². The summed E-state index contributed by atoms with van der Waals surface area (Å²) in [7, 11) is 0. The molecule has 0 aromatic heterocycles. The normalized spacial score (nSPS) is 12.3. The second-order valence-electron chi connectivity index (χ2n) is 12.7. The topological polar surface area (TPSA) is 64.6 Å². The number of fused-ring (bicyclic) bond motifs is 2. The van der Waals surface area contributed by atoms with Gasteiger partial charge in [-0.15, -0.1) is 0 Å². The van der Waals surface area contributed by atoms with Gasteiger partial charge in [0.1, 0.15) is 23.7 Å². The minimum Gasteiger partial charge on any atom is -0.489 e. The van der Waals surface area contributed by atoms with E-state index >= 15 is 0 Å². The van der Waals surface area contributed by atoms with Crippen molar-refractivity contribution in [3.8, 4) is 11.5 Å². The first-order valence-corrected chi connectivity index (χ1v) is 16.9. The summed E-state index contributed by atoms with van der Waals surface area (Å²) >= 11 is 1.47. The van der Waals surface area contributed by atoms with Crippen LogP contribution in [0.25, 0.3) is 0 Å². The van der Waals surface area contributed by atoms with E-state index < -0.39 is 0 Å². The molecule has 1 aliphatic rings. The number of hydrogen-bond donors (Lipinski definition) is 1. The minimum atomic E-state index is -0.244. The average molecular weight is 642 g/mol. The second kappa shape index (κ2) is 13.9. The Bertz CT molecular complexity index is 1890. The lowest BCUT2D eigenvalue weighted by molar-refractivity contribution is 0.0977. The molecule has 5 aromatic carbocycles. The van der Waals surface area contributed by atoms with Crippen LogP contribution in [0, 0.1) is 0 Å². The molecule has 0 atom stereocenters. The summed E-state index contributed by atoms with van der Waals surface area (Å²) in [6, 6.07) is 34.9. The van der Waals surface area contributed by atoms with Crippen molar-refractivity contribution in [1.82, 2.24) is 0 Å². The van der Waals surface area contributed by atoms with E-state index in [-0.39, 0.29) is 17.2 Å². The van der Waals surface area contributed by atoms with Crippen LogP contribution in [0.2, 0.25) is 0 Å². The Morgan fingerprint density at radius 1 is 0.681 bits per heavy atom. The van der Waals surface area contributed by atoms with Crippen molar-refractivity contribution in [2.24, 2.45) is 0 Å². The van der Waals surface area contributed by atoms with E-state index in [0.717, 1.165) is 51.8 Å². The zero-order valence-corrected chi connectivity index (χ0v) is 28.1. The first-order valence-electron chi connectivity index (χ1n) is 16.1. The van der Waals surface area contributed by atoms with Crippen molar-refractivity contribution >= 4 is 34.7 Å². The standard InChI is InChI=1S/C41H39NO4S/c1-5-6-9-27-14-18-29(19-15-27)42-35-12-7-10-33-37(35)39(43)34-11-8-13-36(38(34)40(33)44)47-32-24-22-30(23-25-32)45-26-28-16-20-31(21-17-28)46-41(2,3)4/h7-8,10-25,42H,5-6,9,26H2,1-4H3. The largest absolute Gasteiger partial charge is 0.489 e. The Hall–Kier alpha value is -4.81. The molecule has 0 fully saturated rings. The predicted molar refractivity (Wildman–Crippen MR) is 190 cm³/mol. The lowest BCUT2D eigenvalue weighted by Crippen LogP contribution is -2.23. The van der Waals surface area contributed by atoms with Crippen molar-refractivity contribution in [3.63, 3.8) is 0 Å². The van der Waals surface area contributed by atoms with E-state index in [1.807, 2.05) is 106 Å². The van der Waals surface area contributed by atoms with Crippen LogP contribution < -0.4 is 14.8 Å². The monoisotopic (exact) mass is 641 g/mol. The van der Waals surface area contributed by atoms with Crippen LogP contribution in [0.1, 0.15) is 83.5 Å². The van der Waals surface area contributed by atoms with Crippen molar-refractivity contribution in [1.29, 1.82) is 0 Å². The molecule has 238 valence electrons. The molecule has 0 spiro atoms. The number of carbonyl (C=O) groups excluding carboxylic acids is 2. The van der Waals surface area contributed by atoms with Gasteiger partial charge in [0.15, 0.2) is 11.6 Å². The van der Waals surface area contributed by atoms with Gasteiger partial charge in [-0.05, 0) is 105 Å². The van der Waals surface area contributed by atoms with E-state index in [0.29, 0.717) is 34.5 Å². The number of nitrogens with one attached hydrogen (secondary N) is 1. The Balaban J connectivity index is 1.15. The molecule has 0 heterocycles. The summed E-state index contributed by atoms with van der Waals surface area (Å²) in [6.07, 6.45) is 3.35. The summed E-state index contributed by atoms with van der Waals surface area (Å²) in [4.78, 5) is 29.6. The highest BCUT2D eigenvalue weighted by atomic mass is 32.2. The van der Waals surface area contributed by atoms with Crippen molar-refractivity contribution in [2.45, 2.75) is 69.0 Å². The SMILES string of the molecule is CCCCc1ccc(Nc2cccc3c2C(=O)c2cccc(Sc4ccc(OCc5ccc(OC(C)(C)C)cc5)cc4)c2C3=O)cc1. The van der Waals surface area contributed by atoms with Crippen LogP contribution in [-0.2, 0) is 13.0 Å². The van der Waals surface area contributed by atoms with Crippen molar-refractivity contribution in [3.05, 3.63) is 143 Å². The van der Waals surface area contributed by atoms with Gasteiger partial charge in [-0.3, -0.25) is 9.59 Å². The summed E-state index contributed by atoms with van der Waals surface area (Å²) in [5.74, 6) is 1.28. The zero-order valence-electron chi connectivity index (χ0n) is 27.3. The maximum Gasteiger partial charge on any atom is 0.196 e. The highest BCUT2D eigenvalue weighted by Crippen LogP contribution is 2.40. The molecule has 0 saturated heterocycles. The summed E-state index contributed by atoms with van der Waals surface area (Å²) < 4.78 is 11.9. The van der Waals surface area contributed by atoms with Gasteiger partial charge >= 0.3 is 0 Å². The van der Waals surface area contributed by atoms with Gasteiger partial charge in [0.05, 0.1) is 11.3 Å². The molecular formula is C41H39NO4S. The zero-order chi connectivity index (χ0) is 33.0. The van der Waals surface area contributed by atoms with Crippen LogP contribution in [-0.4, -0.2) is 17.2 Å². The number of ketones is 2. The van der Waals surface area contributed by atoms with E-state index in [4.69, 9.17) is 9.47 Å². The summed E-state index contributed by atoms with van der Waals surface area (Å²) in [5.41, 5.74) is 5.31. The van der Waals surface area contributed by atoms with Crippen LogP contribution in [0.3, 0.4) is 0 Å². The molecule has 0 aliphatic heterocycles. The number of carbonyl (C=O) groups is 2. The number of benzene rings is 5. The average Bonchev–Trinajstić information content (AvgIpc) is 3.06. The van der Waals surface area contributed by atoms with Crippen LogP contribution in [0.4, 0.5) is 11.4 Å². The lowest BCUT2D eigenvalue weighted by Gasteiger charge is -2.22. The van der Waals surface area contributed by atoms with Crippen LogP contribution in [0.5, 0.6) is 11.5 Å². The van der Waals surface area contributed by atoms with E-state index in [1.54, 1.807) is 12.1 Å². The first-order chi connectivity index (χ1) is 22.7. The fourth-order valence-corrected chi connectivity index (χ4v) is 6.57. The molecule has 0 amide bonds. The Morgan fingerprint density at radius 2 is 1.30 bits per heavy atom. The first kappa shape index (κ1) is 32.1. The number of anilines is 2. The fraction of sp³-hybridized carbons (Fsp3) is 0.220. The van der Waals surface area contributed by atoms with Crippen LogP contribution in [0.15, 0.2) is 119 Å². The molecule has 5 aromatic rings. The molecule has 47 heavy (non-hydrogen) atoms. The number of ether oxygens (including phenoxy) is 2. The fourth-order valence-electron chi connectivity index (χ4n) is 5.60. The molecule has 0 radical (unpaired) electrons. The Morgan fingerprint density at radius 3 is 1.98 bits per heavy atom. The van der Waals surface area contributed by atoms with Gasteiger partial charge in [0.2, 0.25) is 0 Å². The quantitative estimate of drug-likeness (QED) is 0.152. The van der Waals surface area contributed by atoms with Crippen molar-refractivity contribution in [2.75, 3.05) is 5.32 Å². The Labute approximate surface area is 281 Å². The molecule has 6 heteroatoms. The van der Waals surface area contributed by atoms with E-state index in [9.17, 15) is 9.59 Å². The van der Waals surface area contributed by atoms with Crippen LogP contribution >= 0.6 is 11.8 Å². The Kier molecular flexibility index (Phi) is 9.50. The van der Waals surface area contributed by atoms with Crippen molar-refractivity contribution < 1.29 is 19.1 Å². The van der Waals surface area contributed by atoms with Gasteiger partial charge in [-0.25, -0.2) is 0 Å². The number of rotatable bonds is 11. The highest BCUT2D eigenvalue weighted by molar-refractivity contribution is 7.99. The number of unbranched alkanes of at least 4 members (excludes halogenated alkanes) is 1. The van der Waals surface area contributed by atoms with Gasteiger partial charge < -0.3 is 14.8 Å². The molecule has 6 rings (SSSR count). The summed E-state index contributed by atoms with van der Waals surface area (Å²) in [6.45, 7) is 8.70. The second-order valence-corrected chi connectivity index (χ2v) is 13.8. The smallest absolute Gasteiger partial charge is 0.196 e.